The number of imidazole rings is 1. The summed E-state index contributed by atoms with van der Waals surface area (Å²) in [5.74, 6) is 1.01. The van der Waals surface area contributed by atoms with Crippen LogP contribution in [0.1, 0.15) is 18.4 Å². The van der Waals surface area contributed by atoms with Crippen LogP contribution in [0.4, 0.5) is 0 Å². The summed E-state index contributed by atoms with van der Waals surface area (Å²) in [4.78, 5) is 7.15. The molecule has 0 saturated heterocycles. The molecule has 3 heteroatoms. The van der Waals surface area contributed by atoms with Crippen LogP contribution in [0.15, 0.2) is 6.20 Å². The number of hydrogen-bond acceptors (Lipinski definition) is 1. The molecule has 0 aliphatic rings. The highest BCUT2D eigenvalue weighted by atomic mass is 14.9. The van der Waals surface area contributed by atoms with Gasteiger partial charge in [-0.2, -0.15) is 0 Å². The second-order valence-corrected chi connectivity index (χ2v) is 1.91. The Balaban J connectivity index is 2.74. The summed E-state index contributed by atoms with van der Waals surface area (Å²) in [7, 11) is 5.35. The van der Waals surface area contributed by atoms with Gasteiger partial charge in [0, 0.05) is 18.3 Å². The molecule has 46 valence electrons. The predicted octanol–water partition coefficient (Wildman–Crippen LogP) is 0.641. The van der Waals surface area contributed by atoms with Gasteiger partial charge in [-0.1, -0.05) is 6.92 Å². The van der Waals surface area contributed by atoms with Crippen LogP contribution in [0, 0.1) is 0 Å². The Morgan fingerprint density at radius 3 is 2.89 bits per heavy atom. The van der Waals surface area contributed by atoms with E-state index in [4.69, 9.17) is 7.85 Å². The van der Waals surface area contributed by atoms with Crippen molar-refractivity contribution in [3.05, 3.63) is 17.7 Å². The van der Waals surface area contributed by atoms with Crippen molar-refractivity contribution < 1.29 is 0 Å². The first-order chi connectivity index (χ1) is 4.36. The van der Waals surface area contributed by atoms with Gasteiger partial charge in [0.15, 0.2) is 0 Å². The van der Waals surface area contributed by atoms with E-state index >= 15 is 0 Å². The minimum atomic E-state index is 0.549. The van der Waals surface area contributed by atoms with Crippen LogP contribution in [-0.4, -0.2) is 17.8 Å². The predicted molar refractivity (Wildman–Crippen MR) is 37.4 cm³/mol. The number of nitrogens with one attached hydrogen (secondary N) is 1. The molecule has 0 amide bonds. The molecule has 0 aliphatic heterocycles. The molecule has 1 N–H and O–H groups in total. The van der Waals surface area contributed by atoms with Crippen LogP contribution in [-0.2, 0) is 12.7 Å². The van der Waals surface area contributed by atoms with Gasteiger partial charge >= 0.3 is 0 Å². The van der Waals surface area contributed by atoms with Crippen LogP contribution in [0.25, 0.3) is 0 Å². The van der Waals surface area contributed by atoms with Crippen molar-refractivity contribution in [3.8, 4) is 0 Å². The normalized spacial score (nSPS) is 9.89. The maximum atomic E-state index is 5.35. The quantitative estimate of drug-likeness (QED) is 0.570. The summed E-state index contributed by atoms with van der Waals surface area (Å²) in [6.45, 7) is 2.05. The molecule has 0 aliphatic carbocycles. The molecule has 2 nitrogen and oxygen atoms in total. The highest BCUT2D eigenvalue weighted by Gasteiger charge is 1.92. The average Bonchev–Trinajstić information content (AvgIpc) is 2.34. The number of aryl methyl sites for hydroxylation is 1. The lowest BCUT2D eigenvalue weighted by Crippen LogP contribution is -1.84. The van der Waals surface area contributed by atoms with Gasteiger partial charge in [-0.25, -0.2) is 4.98 Å². The fourth-order valence-electron chi connectivity index (χ4n) is 0.689. The highest BCUT2D eigenvalue weighted by molar-refractivity contribution is 6.08. The molecule has 0 unspecified atom stereocenters. The van der Waals surface area contributed by atoms with Crippen molar-refractivity contribution in [1.82, 2.24) is 9.97 Å². The standard InChI is InChI=1S/C6H9BN2/c1-2-6-8-4-5(3-7)9-6/h4H,2-3H2,1H3,(H,8,9). The minimum absolute atomic E-state index is 0.549. The summed E-state index contributed by atoms with van der Waals surface area (Å²) in [6.07, 6.45) is 3.27. The maximum absolute atomic E-state index is 5.35. The van der Waals surface area contributed by atoms with E-state index in [1.165, 1.54) is 0 Å². The second-order valence-electron chi connectivity index (χ2n) is 1.91. The Morgan fingerprint density at radius 1 is 1.78 bits per heavy atom. The summed E-state index contributed by atoms with van der Waals surface area (Å²) in [5.41, 5.74) is 1.01. The Bertz CT molecular complexity index is 164. The number of hydrogen-bond donors (Lipinski definition) is 1. The van der Waals surface area contributed by atoms with E-state index < -0.39 is 0 Å². The van der Waals surface area contributed by atoms with Crippen LogP contribution >= 0.6 is 0 Å². The van der Waals surface area contributed by atoms with Gasteiger partial charge in [-0.15, -0.1) is 0 Å². The molecule has 9 heavy (non-hydrogen) atoms. The third-order valence-corrected chi connectivity index (χ3v) is 1.24. The van der Waals surface area contributed by atoms with Crippen molar-refractivity contribution >= 4 is 7.85 Å². The van der Waals surface area contributed by atoms with Gasteiger partial charge < -0.3 is 4.98 Å². The fourth-order valence-corrected chi connectivity index (χ4v) is 0.689. The molecule has 1 heterocycles. The third kappa shape index (κ3) is 1.34. The van der Waals surface area contributed by atoms with E-state index in [2.05, 4.69) is 16.9 Å². The summed E-state index contributed by atoms with van der Waals surface area (Å²) in [5, 5.41) is 0. The largest absolute Gasteiger partial charge is 0.347 e. The average molecular weight is 120 g/mol. The molecular formula is C6H9BN2. The Labute approximate surface area is 56.1 Å². The van der Waals surface area contributed by atoms with E-state index in [-0.39, 0.29) is 0 Å². The van der Waals surface area contributed by atoms with Gasteiger partial charge in [0.2, 0.25) is 0 Å². The van der Waals surface area contributed by atoms with Gasteiger partial charge in [0.1, 0.15) is 5.82 Å². The SMILES string of the molecule is [B]Cc1cnc(CC)[nH]1. The smallest absolute Gasteiger partial charge is 0.105 e. The van der Waals surface area contributed by atoms with E-state index in [1.54, 1.807) is 6.20 Å². The van der Waals surface area contributed by atoms with Crippen molar-refractivity contribution in [3.63, 3.8) is 0 Å². The lowest BCUT2D eigenvalue weighted by atomic mass is 10.0. The summed E-state index contributed by atoms with van der Waals surface area (Å²) in [6, 6.07) is 0. The molecule has 0 fully saturated rings. The molecule has 0 saturated carbocycles. The van der Waals surface area contributed by atoms with Gasteiger partial charge in [-0.3, -0.25) is 0 Å². The number of aromatic amines is 1. The highest BCUT2D eigenvalue weighted by Crippen LogP contribution is 1.95. The lowest BCUT2D eigenvalue weighted by Gasteiger charge is -1.85. The zero-order valence-corrected chi connectivity index (χ0v) is 5.52. The number of H-pyrrole nitrogens is 1. The Hall–Kier alpha value is -0.725. The Morgan fingerprint density at radius 2 is 2.56 bits per heavy atom. The van der Waals surface area contributed by atoms with Crippen LogP contribution in [0.2, 0.25) is 0 Å². The van der Waals surface area contributed by atoms with Gasteiger partial charge in [0.25, 0.3) is 0 Å². The summed E-state index contributed by atoms with van der Waals surface area (Å²) < 4.78 is 0. The molecular weight excluding hydrogens is 111 g/mol. The first-order valence-electron chi connectivity index (χ1n) is 3.09. The molecule has 2 radical (unpaired) electrons. The first-order valence-corrected chi connectivity index (χ1v) is 3.09. The Kier molecular flexibility index (Phi) is 1.93. The van der Waals surface area contributed by atoms with E-state index in [1.807, 2.05) is 0 Å². The van der Waals surface area contributed by atoms with Gasteiger partial charge in [-0.05, 0) is 6.32 Å². The van der Waals surface area contributed by atoms with E-state index in [0.717, 1.165) is 17.9 Å². The first kappa shape index (κ1) is 6.40. The zero-order chi connectivity index (χ0) is 6.69. The van der Waals surface area contributed by atoms with Gasteiger partial charge in [0.05, 0.1) is 7.85 Å². The van der Waals surface area contributed by atoms with E-state index in [9.17, 15) is 0 Å². The third-order valence-electron chi connectivity index (χ3n) is 1.24. The molecule has 1 aromatic rings. The molecule has 0 atom stereocenters. The second kappa shape index (κ2) is 2.71. The van der Waals surface area contributed by atoms with E-state index in [0.29, 0.717) is 6.32 Å². The minimum Gasteiger partial charge on any atom is -0.347 e. The van der Waals surface area contributed by atoms with Crippen molar-refractivity contribution in [1.29, 1.82) is 0 Å². The molecule has 1 rings (SSSR count). The molecule has 1 aromatic heterocycles. The van der Waals surface area contributed by atoms with Crippen molar-refractivity contribution in [2.45, 2.75) is 19.7 Å². The number of rotatable bonds is 2. The lowest BCUT2D eigenvalue weighted by molar-refractivity contribution is 0.979. The monoisotopic (exact) mass is 120 g/mol. The van der Waals surface area contributed by atoms with Crippen LogP contribution < -0.4 is 0 Å². The molecule has 0 bridgehead atoms. The van der Waals surface area contributed by atoms with Crippen molar-refractivity contribution in [2.24, 2.45) is 0 Å². The molecule has 0 spiro atoms. The van der Waals surface area contributed by atoms with Crippen molar-refractivity contribution in [2.75, 3.05) is 0 Å². The maximum Gasteiger partial charge on any atom is 0.105 e. The topological polar surface area (TPSA) is 28.7 Å². The fraction of sp³-hybridized carbons (Fsp3) is 0.500. The zero-order valence-electron chi connectivity index (χ0n) is 5.52. The number of aromatic nitrogens is 2. The summed E-state index contributed by atoms with van der Waals surface area (Å²) >= 11 is 0. The van der Waals surface area contributed by atoms with Crippen LogP contribution in [0.5, 0.6) is 0 Å². The molecule has 0 aromatic carbocycles. The number of nitrogens with zero attached hydrogens (tertiary/aromatic N) is 1. The van der Waals surface area contributed by atoms with Crippen LogP contribution in [0.3, 0.4) is 0 Å².